The molecule has 0 fully saturated rings. The first-order valence-corrected chi connectivity index (χ1v) is 6.21. The highest BCUT2D eigenvalue weighted by atomic mass is 19.3. The Morgan fingerprint density at radius 2 is 2.15 bits per heavy atom. The van der Waals surface area contributed by atoms with Gasteiger partial charge < -0.3 is 10.1 Å². The average molecular weight is 298 g/mol. The topological polar surface area (TPSA) is 52.0 Å². The Bertz CT molecular complexity index is 400. The predicted molar refractivity (Wildman–Crippen MR) is 63.9 cm³/mol. The van der Waals surface area contributed by atoms with E-state index >= 15 is 0 Å². The van der Waals surface area contributed by atoms with E-state index in [9.17, 15) is 17.6 Å². The fraction of sp³-hybridized carbons (Fsp3) is 0.818. The number of ether oxygens (including phenoxy) is 1. The third-order valence-electron chi connectivity index (χ3n) is 2.69. The van der Waals surface area contributed by atoms with Crippen LogP contribution in [0.2, 0.25) is 0 Å². The lowest BCUT2D eigenvalue weighted by Crippen LogP contribution is -2.34. The highest BCUT2D eigenvalue weighted by Crippen LogP contribution is 2.23. The lowest BCUT2D eigenvalue weighted by molar-refractivity contribution is -0.167. The summed E-state index contributed by atoms with van der Waals surface area (Å²) in [5.41, 5.74) is 0.662. The van der Waals surface area contributed by atoms with Crippen LogP contribution in [0.5, 0.6) is 0 Å². The number of aromatic nitrogens is 3. The fourth-order valence-corrected chi connectivity index (χ4v) is 1.61. The van der Waals surface area contributed by atoms with Gasteiger partial charge in [0.1, 0.15) is 6.61 Å². The van der Waals surface area contributed by atoms with Crippen LogP contribution in [0.3, 0.4) is 0 Å². The fourth-order valence-electron chi connectivity index (χ4n) is 1.61. The molecule has 0 amide bonds. The summed E-state index contributed by atoms with van der Waals surface area (Å²) in [6.07, 6.45) is -1.41. The van der Waals surface area contributed by atoms with Crippen molar-refractivity contribution in [3.63, 3.8) is 0 Å². The maximum Gasteiger partial charge on any atom is 0.330 e. The van der Waals surface area contributed by atoms with Crippen LogP contribution in [-0.4, -0.2) is 47.6 Å². The molecule has 0 bridgehead atoms. The molecule has 0 spiro atoms. The van der Waals surface area contributed by atoms with Gasteiger partial charge >= 0.3 is 12.3 Å². The quantitative estimate of drug-likeness (QED) is 0.707. The van der Waals surface area contributed by atoms with Gasteiger partial charge in [0.05, 0.1) is 24.5 Å². The third-order valence-corrected chi connectivity index (χ3v) is 2.69. The molecule has 1 heterocycles. The van der Waals surface area contributed by atoms with E-state index in [1.807, 2.05) is 6.92 Å². The van der Waals surface area contributed by atoms with E-state index < -0.39 is 25.0 Å². The molecule has 0 radical (unpaired) electrons. The molecule has 0 aliphatic carbocycles. The van der Waals surface area contributed by atoms with Gasteiger partial charge in [0.2, 0.25) is 0 Å². The van der Waals surface area contributed by atoms with Crippen LogP contribution < -0.4 is 5.32 Å². The van der Waals surface area contributed by atoms with E-state index in [-0.39, 0.29) is 6.61 Å². The molecule has 1 rings (SSSR count). The monoisotopic (exact) mass is 298 g/mol. The van der Waals surface area contributed by atoms with Crippen molar-refractivity contribution in [3.8, 4) is 0 Å². The molecule has 1 N–H and O–H groups in total. The third kappa shape index (κ3) is 4.41. The van der Waals surface area contributed by atoms with E-state index in [4.69, 9.17) is 4.74 Å². The van der Waals surface area contributed by atoms with Gasteiger partial charge in [-0.1, -0.05) is 12.1 Å². The Morgan fingerprint density at radius 1 is 1.45 bits per heavy atom. The summed E-state index contributed by atoms with van der Waals surface area (Å²) in [5, 5.41) is 10.5. The van der Waals surface area contributed by atoms with Gasteiger partial charge in [0, 0.05) is 6.54 Å². The Kier molecular flexibility index (Phi) is 6.34. The molecule has 0 aliphatic heterocycles. The molecular weight excluding hydrogens is 280 g/mol. The van der Waals surface area contributed by atoms with Crippen molar-refractivity contribution >= 4 is 0 Å². The van der Waals surface area contributed by atoms with E-state index in [1.165, 1.54) is 6.20 Å². The average Bonchev–Trinajstić information content (AvgIpc) is 2.83. The maximum absolute atomic E-state index is 12.7. The highest BCUT2D eigenvalue weighted by molar-refractivity contribution is 5.02. The van der Waals surface area contributed by atoms with Crippen LogP contribution >= 0.6 is 0 Å². The van der Waals surface area contributed by atoms with Crippen molar-refractivity contribution in [3.05, 3.63) is 11.9 Å². The number of rotatable bonds is 9. The molecule has 1 unspecified atom stereocenters. The second-order valence-electron chi connectivity index (χ2n) is 4.30. The van der Waals surface area contributed by atoms with Gasteiger partial charge in [-0.15, -0.1) is 5.10 Å². The molecule has 0 aliphatic rings. The van der Waals surface area contributed by atoms with Gasteiger partial charge in [0.15, 0.2) is 0 Å². The molecular formula is C11H18F4N4O. The molecule has 0 saturated carbocycles. The Hall–Kier alpha value is -1.22. The second-order valence-corrected chi connectivity index (χ2v) is 4.30. The minimum absolute atomic E-state index is 0.171. The molecule has 20 heavy (non-hydrogen) atoms. The normalized spacial score (nSPS) is 13.9. The predicted octanol–water partition coefficient (Wildman–Crippen LogP) is 1.87. The van der Waals surface area contributed by atoms with E-state index in [0.717, 1.165) is 6.42 Å². The molecule has 0 saturated heterocycles. The van der Waals surface area contributed by atoms with Gasteiger partial charge in [-0.3, -0.25) is 0 Å². The molecule has 116 valence electrons. The second kappa shape index (κ2) is 7.53. The van der Waals surface area contributed by atoms with Crippen LogP contribution in [-0.2, 0) is 11.3 Å². The number of halogens is 4. The minimum atomic E-state index is -4.14. The van der Waals surface area contributed by atoms with E-state index in [2.05, 4.69) is 15.6 Å². The molecule has 5 nitrogen and oxygen atoms in total. The van der Waals surface area contributed by atoms with Gasteiger partial charge in [0.25, 0.3) is 0 Å². The summed E-state index contributed by atoms with van der Waals surface area (Å²) in [5.74, 6) is -4.14. The van der Waals surface area contributed by atoms with Crippen LogP contribution in [0.25, 0.3) is 0 Å². The zero-order valence-electron chi connectivity index (χ0n) is 11.3. The lowest BCUT2D eigenvalue weighted by Gasteiger charge is -2.20. The zero-order valence-corrected chi connectivity index (χ0v) is 11.3. The van der Waals surface area contributed by atoms with Crippen molar-refractivity contribution in [1.82, 2.24) is 20.3 Å². The molecule has 1 aromatic heterocycles. The van der Waals surface area contributed by atoms with Crippen molar-refractivity contribution in [2.24, 2.45) is 0 Å². The first-order chi connectivity index (χ1) is 9.42. The Balaban J connectivity index is 2.57. The first-order valence-electron chi connectivity index (χ1n) is 6.21. The van der Waals surface area contributed by atoms with Crippen molar-refractivity contribution in [2.75, 3.05) is 20.3 Å². The first kappa shape index (κ1) is 16.8. The molecule has 1 aromatic rings. The smallest absolute Gasteiger partial charge is 0.330 e. The largest absolute Gasteiger partial charge is 0.373 e. The standard InChI is InChI=1S/C11H18F4N4O/c1-3-4-19-9(5-17-18-19)8(16-2)6-20-7-11(14,15)10(12)13/h5,8,10,16H,3-4,6-7H2,1-2H3. The van der Waals surface area contributed by atoms with E-state index in [1.54, 1.807) is 11.7 Å². The summed E-state index contributed by atoms with van der Waals surface area (Å²) in [4.78, 5) is 0. The Morgan fingerprint density at radius 3 is 2.70 bits per heavy atom. The van der Waals surface area contributed by atoms with Gasteiger partial charge in [-0.05, 0) is 13.5 Å². The molecule has 1 atom stereocenters. The summed E-state index contributed by atoms with van der Waals surface area (Å²) in [6.45, 7) is 1.09. The summed E-state index contributed by atoms with van der Waals surface area (Å²) in [7, 11) is 1.61. The van der Waals surface area contributed by atoms with Crippen molar-refractivity contribution < 1.29 is 22.3 Å². The van der Waals surface area contributed by atoms with Crippen LogP contribution in [0.1, 0.15) is 25.1 Å². The molecule has 9 heteroatoms. The number of nitrogens with one attached hydrogen (secondary N) is 1. The lowest BCUT2D eigenvalue weighted by atomic mass is 10.2. The van der Waals surface area contributed by atoms with Crippen LogP contribution in [0.15, 0.2) is 6.20 Å². The van der Waals surface area contributed by atoms with Crippen LogP contribution in [0, 0.1) is 0 Å². The van der Waals surface area contributed by atoms with Crippen molar-refractivity contribution in [2.45, 2.75) is 38.3 Å². The number of likely N-dealkylation sites (N-methyl/N-ethyl adjacent to an activating group) is 1. The van der Waals surface area contributed by atoms with E-state index in [0.29, 0.717) is 12.2 Å². The highest BCUT2D eigenvalue weighted by Gasteiger charge is 2.41. The van der Waals surface area contributed by atoms with Crippen molar-refractivity contribution in [1.29, 1.82) is 0 Å². The Labute approximate surface area is 114 Å². The van der Waals surface area contributed by atoms with Gasteiger partial charge in [-0.25, -0.2) is 13.5 Å². The maximum atomic E-state index is 12.7. The number of aryl methyl sites for hydroxylation is 1. The SMILES string of the molecule is CCCn1nncc1C(COCC(F)(F)C(F)F)NC. The number of nitrogens with zero attached hydrogens (tertiary/aromatic N) is 3. The summed E-state index contributed by atoms with van der Waals surface area (Å²) in [6, 6.07) is -0.440. The summed E-state index contributed by atoms with van der Waals surface area (Å²) >= 11 is 0. The minimum Gasteiger partial charge on any atom is -0.373 e. The molecule has 0 aromatic carbocycles. The zero-order chi connectivity index (χ0) is 15.2. The van der Waals surface area contributed by atoms with Gasteiger partial charge in [-0.2, -0.15) is 8.78 Å². The number of hydrogen-bond acceptors (Lipinski definition) is 4. The number of alkyl halides is 4. The summed E-state index contributed by atoms with van der Waals surface area (Å²) < 4.78 is 55.7. The number of hydrogen-bond donors (Lipinski definition) is 1. The van der Waals surface area contributed by atoms with Crippen LogP contribution in [0.4, 0.5) is 17.6 Å².